The Labute approximate surface area is 196 Å². The summed E-state index contributed by atoms with van der Waals surface area (Å²) in [5, 5.41) is 6.50. The summed E-state index contributed by atoms with van der Waals surface area (Å²) in [6, 6.07) is 22.2. The first-order valence-electron chi connectivity index (χ1n) is 10.7. The van der Waals surface area contributed by atoms with Gasteiger partial charge in [0.15, 0.2) is 0 Å². The van der Waals surface area contributed by atoms with E-state index >= 15 is 0 Å². The molecule has 3 aromatic rings. The molecule has 0 radical (unpaired) electrons. The molecule has 2 aliphatic rings. The highest BCUT2D eigenvalue weighted by Crippen LogP contribution is 2.50. The van der Waals surface area contributed by atoms with Gasteiger partial charge >= 0.3 is 5.96 Å². The topological polar surface area (TPSA) is 58.1 Å². The standard InChI is InChI=1S/C26H25N3OS2/c1-26(2)15-20-22(21-13-8-14-31-21)18-11-6-7-12-19(18)24(30)32-23(20)29(16-26)25(27)28-17-9-4-3-5-10-17/h3-14,22H,15-16H2,1-2H3,(H2,27,28)/p+1/t22-/m0/s1. The molecule has 0 aliphatic carbocycles. The highest BCUT2D eigenvalue weighted by atomic mass is 32.2. The average Bonchev–Trinajstić information content (AvgIpc) is 3.26. The Hall–Kier alpha value is -2.83. The fourth-order valence-corrected chi connectivity index (χ4v) is 6.59. The first-order valence-corrected chi connectivity index (χ1v) is 12.4. The van der Waals surface area contributed by atoms with Crippen molar-refractivity contribution >= 4 is 39.9 Å². The van der Waals surface area contributed by atoms with Crippen LogP contribution < -0.4 is 11.1 Å². The van der Waals surface area contributed by atoms with Gasteiger partial charge in [-0.15, -0.1) is 11.3 Å². The summed E-state index contributed by atoms with van der Waals surface area (Å²) < 4.78 is 2.11. The van der Waals surface area contributed by atoms with Crippen LogP contribution in [0.2, 0.25) is 0 Å². The van der Waals surface area contributed by atoms with E-state index in [0.717, 1.165) is 34.8 Å². The lowest BCUT2D eigenvalue weighted by atomic mass is 9.76. The number of allylic oxidation sites excluding steroid dienone is 1. The number of hydrogen-bond donors (Lipinski definition) is 2. The number of nitrogens with two attached hydrogens (primary N) is 1. The Balaban J connectivity index is 1.72. The molecular weight excluding hydrogens is 434 g/mol. The van der Waals surface area contributed by atoms with E-state index in [2.05, 4.69) is 47.3 Å². The number of nitrogens with zero attached hydrogens (tertiary/aromatic N) is 1. The van der Waals surface area contributed by atoms with Crippen molar-refractivity contribution in [3.63, 3.8) is 0 Å². The molecule has 6 heteroatoms. The summed E-state index contributed by atoms with van der Waals surface area (Å²) in [6.45, 7) is 5.29. The predicted molar refractivity (Wildman–Crippen MR) is 134 cm³/mol. The molecule has 3 heterocycles. The molecular formula is C26H26N3OS2+. The zero-order valence-corrected chi connectivity index (χ0v) is 19.8. The van der Waals surface area contributed by atoms with Gasteiger partial charge in [-0.3, -0.25) is 10.5 Å². The third-order valence-corrected chi connectivity index (χ3v) is 7.99. The molecule has 4 nitrogen and oxygen atoms in total. The van der Waals surface area contributed by atoms with Crippen molar-refractivity contribution in [2.75, 3.05) is 11.9 Å². The van der Waals surface area contributed by atoms with Crippen molar-refractivity contribution in [1.82, 2.24) is 0 Å². The summed E-state index contributed by atoms with van der Waals surface area (Å²) in [7, 11) is 0. The van der Waals surface area contributed by atoms with E-state index in [4.69, 9.17) is 5.73 Å². The molecule has 2 aromatic carbocycles. The number of rotatable bonds is 2. The van der Waals surface area contributed by atoms with Crippen LogP contribution in [0.1, 0.15) is 47.0 Å². The van der Waals surface area contributed by atoms with Gasteiger partial charge in [-0.2, -0.15) is 0 Å². The Morgan fingerprint density at radius 3 is 2.56 bits per heavy atom. The molecule has 0 saturated heterocycles. The number of carbonyl (C=O) groups is 1. The van der Waals surface area contributed by atoms with Gasteiger partial charge in [0.05, 0.1) is 12.2 Å². The SMILES string of the molecule is CC1(C)CC2=C(SC(=O)c3ccccc3[C@@H]2c2cccs2)[N+](=C(N)Nc2ccccc2)C1. The largest absolute Gasteiger partial charge is 0.353 e. The van der Waals surface area contributed by atoms with E-state index < -0.39 is 0 Å². The van der Waals surface area contributed by atoms with Crippen LogP contribution in [0.25, 0.3) is 0 Å². The lowest BCUT2D eigenvalue weighted by molar-refractivity contribution is -0.488. The smallest absolute Gasteiger partial charge is 0.290 e. The minimum Gasteiger partial charge on any atom is -0.290 e. The normalized spacial score (nSPS) is 21.4. The van der Waals surface area contributed by atoms with E-state index in [0.29, 0.717) is 5.96 Å². The molecule has 1 aromatic heterocycles. The Kier molecular flexibility index (Phi) is 5.43. The van der Waals surface area contributed by atoms with Crippen molar-refractivity contribution in [3.8, 4) is 0 Å². The zero-order valence-electron chi connectivity index (χ0n) is 18.2. The molecule has 5 rings (SSSR count). The molecule has 32 heavy (non-hydrogen) atoms. The van der Waals surface area contributed by atoms with E-state index in [1.54, 1.807) is 11.3 Å². The summed E-state index contributed by atoms with van der Waals surface area (Å²) in [5.41, 5.74) is 10.7. The molecule has 162 valence electrons. The highest BCUT2D eigenvalue weighted by Gasteiger charge is 2.42. The quantitative estimate of drug-likeness (QED) is 0.372. The number of thioether (sulfide) groups is 1. The molecule has 0 bridgehead atoms. The van der Waals surface area contributed by atoms with Gasteiger partial charge in [0.25, 0.3) is 0 Å². The van der Waals surface area contributed by atoms with E-state index in [9.17, 15) is 4.79 Å². The van der Waals surface area contributed by atoms with Crippen molar-refractivity contribution < 1.29 is 9.37 Å². The van der Waals surface area contributed by atoms with E-state index in [1.165, 1.54) is 22.2 Å². The van der Waals surface area contributed by atoms with Gasteiger partial charge in [-0.05, 0) is 58.3 Å². The fourth-order valence-electron chi connectivity index (χ4n) is 4.64. The monoisotopic (exact) mass is 460 g/mol. The first-order chi connectivity index (χ1) is 15.4. The summed E-state index contributed by atoms with van der Waals surface area (Å²) in [4.78, 5) is 14.7. The molecule has 1 atom stereocenters. The average molecular weight is 461 g/mol. The fraction of sp³-hybridized carbons (Fsp3) is 0.231. The van der Waals surface area contributed by atoms with E-state index in [1.807, 2.05) is 48.5 Å². The third-order valence-electron chi connectivity index (χ3n) is 5.97. The van der Waals surface area contributed by atoms with Gasteiger partial charge < -0.3 is 0 Å². The van der Waals surface area contributed by atoms with Crippen molar-refractivity contribution in [2.24, 2.45) is 11.1 Å². The maximum absolute atomic E-state index is 13.4. The van der Waals surface area contributed by atoms with Crippen LogP contribution in [0.4, 0.5) is 5.69 Å². The second kappa shape index (κ2) is 8.26. The zero-order chi connectivity index (χ0) is 22.3. The first kappa shape index (κ1) is 21.0. The number of nitrogens with one attached hydrogen (secondary N) is 1. The third kappa shape index (κ3) is 3.89. The number of benzene rings is 2. The molecule has 3 N–H and O–H groups in total. The van der Waals surface area contributed by atoms with Gasteiger partial charge in [0, 0.05) is 16.4 Å². The Morgan fingerprint density at radius 1 is 1.06 bits per heavy atom. The van der Waals surface area contributed by atoms with Crippen LogP contribution >= 0.6 is 23.1 Å². The number of para-hydroxylation sites is 1. The maximum atomic E-state index is 13.4. The molecule has 2 aliphatic heterocycles. The summed E-state index contributed by atoms with van der Waals surface area (Å²) in [6.07, 6.45) is 0.911. The van der Waals surface area contributed by atoms with Gasteiger partial charge in [-0.1, -0.05) is 62.4 Å². The van der Waals surface area contributed by atoms with Gasteiger partial charge in [0.2, 0.25) is 5.12 Å². The van der Waals surface area contributed by atoms with Crippen LogP contribution in [-0.4, -0.2) is 22.2 Å². The molecule has 0 unspecified atom stereocenters. The molecule has 0 fully saturated rings. The minimum absolute atomic E-state index is 0.000220. The number of thiophene rings is 1. The Morgan fingerprint density at radius 2 is 1.81 bits per heavy atom. The molecule has 0 saturated carbocycles. The predicted octanol–water partition coefficient (Wildman–Crippen LogP) is 5.85. The van der Waals surface area contributed by atoms with Crippen LogP contribution in [-0.2, 0) is 0 Å². The lowest BCUT2D eigenvalue weighted by Crippen LogP contribution is -2.42. The number of fused-ring (bicyclic) bond motifs is 1. The molecule has 0 amide bonds. The van der Waals surface area contributed by atoms with Crippen LogP contribution in [0.15, 0.2) is 82.7 Å². The van der Waals surface area contributed by atoms with Crippen LogP contribution in [0, 0.1) is 5.41 Å². The van der Waals surface area contributed by atoms with Crippen molar-refractivity contribution in [2.45, 2.75) is 26.2 Å². The van der Waals surface area contributed by atoms with Gasteiger partial charge in [0.1, 0.15) is 5.03 Å². The number of carbonyl (C=O) groups excluding carboxylic acids is 1. The number of anilines is 1. The lowest BCUT2D eigenvalue weighted by Gasteiger charge is -2.36. The molecule has 0 spiro atoms. The van der Waals surface area contributed by atoms with E-state index in [-0.39, 0.29) is 16.4 Å². The summed E-state index contributed by atoms with van der Waals surface area (Å²) >= 11 is 3.06. The summed E-state index contributed by atoms with van der Waals surface area (Å²) in [5.74, 6) is 0.597. The van der Waals surface area contributed by atoms with Crippen molar-refractivity contribution in [3.05, 3.63) is 98.7 Å². The number of guanidine groups is 1. The minimum atomic E-state index is 0.000220. The number of hydrogen-bond acceptors (Lipinski definition) is 3. The van der Waals surface area contributed by atoms with Crippen LogP contribution in [0.3, 0.4) is 0 Å². The van der Waals surface area contributed by atoms with Crippen LogP contribution in [0.5, 0.6) is 0 Å². The highest BCUT2D eigenvalue weighted by molar-refractivity contribution is 8.17. The van der Waals surface area contributed by atoms with Gasteiger partial charge in [-0.25, -0.2) is 9.89 Å². The van der Waals surface area contributed by atoms with Crippen molar-refractivity contribution in [1.29, 1.82) is 0 Å². The Bertz CT molecular complexity index is 1230. The second-order valence-corrected chi connectivity index (χ2v) is 11.0. The second-order valence-electron chi connectivity index (χ2n) is 9.06. The maximum Gasteiger partial charge on any atom is 0.353 e.